The number of amides is 2. The lowest BCUT2D eigenvalue weighted by Crippen LogP contribution is -2.44. The number of anilines is 1. The molecule has 0 aliphatic carbocycles. The molecule has 38 heavy (non-hydrogen) atoms. The molecule has 0 unspecified atom stereocenters. The maximum Gasteiger partial charge on any atom is 0.247 e. The SMILES string of the molecule is O=C(Nc1ccc(Oc2ccc(F)cc2)cc1)[C@@H]1C[C@@H](Cc2ccccc2F)CN1C(=O)Cn1nccn1. The average molecular weight is 518 g/mol. The lowest BCUT2D eigenvalue weighted by molar-refractivity contribution is -0.137. The van der Waals surface area contributed by atoms with Crippen LogP contribution in [0.1, 0.15) is 12.0 Å². The van der Waals surface area contributed by atoms with Gasteiger partial charge in [0, 0.05) is 12.2 Å². The molecule has 2 atom stereocenters. The summed E-state index contributed by atoms with van der Waals surface area (Å²) in [6.07, 6.45) is 3.76. The minimum Gasteiger partial charge on any atom is -0.457 e. The first-order valence-corrected chi connectivity index (χ1v) is 12.2. The van der Waals surface area contributed by atoms with E-state index in [0.29, 0.717) is 42.1 Å². The largest absolute Gasteiger partial charge is 0.457 e. The van der Waals surface area contributed by atoms with Crippen LogP contribution in [0.15, 0.2) is 85.2 Å². The van der Waals surface area contributed by atoms with E-state index in [4.69, 9.17) is 4.74 Å². The number of carbonyl (C=O) groups excluding carboxylic acids is 2. The van der Waals surface area contributed by atoms with Gasteiger partial charge in [0.1, 0.15) is 35.7 Å². The van der Waals surface area contributed by atoms with Gasteiger partial charge in [-0.25, -0.2) is 8.78 Å². The molecule has 1 aliphatic rings. The van der Waals surface area contributed by atoms with E-state index in [1.807, 2.05) is 0 Å². The molecular weight excluding hydrogens is 492 g/mol. The Morgan fingerprint density at radius 1 is 0.921 bits per heavy atom. The van der Waals surface area contributed by atoms with Crippen LogP contribution >= 0.6 is 0 Å². The van der Waals surface area contributed by atoms with Crippen molar-refractivity contribution in [1.29, 1.82) is 0 Å². The van der Waals surface area contributed by atoms with Gasteiger partial charge in [0.2, 0.25) is 11.8 Å². The van der Waals surface area contributed by atoms with Gasteiger partial charge in [-0.15, -0.1) is 0 Å². The van der Waals surface area contributed by atoms with Crippen molar-refractivity contribution in [2.45, 2.75) is 25.4 Å². The minimum absolute atomic E-state index is 0.0938. The molecule has 0 spiro atoms. The maximum absolute atomic E-state index is 14.3. The Hall–Kier alpha value is -4.60. The number of hydrogen-bond donors (Lipinski definition) is 1. The number of hydrogen-bond acceptors (Lipinski definition) is 5. The third-order valence-electron chi connectivity index (χ3n) is 6.39. The zero-order chi connectivity index (χ0) is 26.5. The van der Waals surface area contributed by atoms with Crippen molar-refractivity contribution in [1.82, 2.24) is 19.9 Å². The highest BCUT2D eigenvalue weighted by atomic mass is 19.1. The van der Waals surface area contributed by atoms with Crippen molar-refractivity contribution in [2.75, 3.05) is 11.9 Å². The second-order valence-electron chi connectivity index (χ2n) is 9.09. The van der Waals surface area contributed by atoms with E-state index in [1.165, 1.54) is 52.4 Å². The van der Waals surface area contributed by atoms with Crippen molar-refractivity contribution in [3.8, 4) is 11.5 Å². The smallest absolute Gasteiger partial charge is 0.247 e. The lowest BCUT2D eigenvalue weighted by atomic mass is 9.96. The number of halogens is 2. The number of ether oxygens (including phenoxy) is 1. The normalized spacial score (nSPS) is 16.8. The van der Waals surface area contributed by atoms with E-state index in [0.717, 1.165) is 0 Å². The summed E-state index contributed by atoms with van der Waals surface area (Å²) in [5.41, 5.74) is 1.08. The summed E-state index contributed by atoms with van der Waals surface area (Å²) in [4.78, 5) is 29.2. The average Bonchev–Trinajstić information content (AvgIpc) is 3.58. The van der Waals surface area contributed by atoms with Crippen LogP contribution in [-0.4, -0.2) is 44.3 Å². The number of nitrogens with zero attached hydrogens (tertiary/aromatic N) is 4. The molecule has 10 heteroatoms. The molecule has 8 nitrogen and oxygen atoms in total. The molecule has 0 saturated carbocycles. The first-order valence-electron chi connectivity index (χ1n) is 12.2. The van der Waals surface area contributed by atoms with Crippen LogP contribution in [0.5, 0.6) is 11.5 Å². The van der Waals surface area contributed by atoms with E-state index in [2.05, 4.69) is 15.5 Å². The summed E-state index contributed by atoms with van der Waals surface area (Å²) in [6, 6.07) is 18.2. The molecule has 1 aliphatic heterocycles. The fourth-order valence-corrected chi connectivity index (χ4v) is 4.58. The van der Waals surface area contributed by atoms with Crippen molar-refractivity contribution in [3.05, 3.63) is 102 Å². The zero-order valence-electron chi connectivity index (χ0n) is 20.3. The van der Waals surface area contributed by atoms with Crippen LogP contribution in [0, 0.1) is 17.6 Å². The Morgan fingerprint density at radius 2 is 1.58 bits per heavy atom. The second kappa shape index (κ2) is 11.2. The number of rotatable bonds is 8. The minimum atomic E-state index is -0.732. The summed E-state index contributed by atoms with van der Waals surface area (Å²) in [7, 11) is 0. The summed E-state index contributed by atoms with van der Waals surface area (Å²) in [5.74, 6) is -0.382. The Balaban J connectivity index is 1.27. The highest BCUT2D eigenvalue weighted by molar-refractivity contribution is 5.97. The van der Waals surface area contributed by atoms with E-state index in [-0.39, 0.29) is 35.9 Å². The van der Waals surface area contributed by atoms with Gasteiger partial charge in [-0.05, 0) is 78.9 Å². The molecule has 1 N–H and O–H groups in total. The highest BCUT2D eigenvalue weighted by Gasteiger charge is 2.39. The highest BCUT2D eigenvalue weighted by Crippen LogP contribution is 2.29. The summed E-state index contributed by atoms with van der Waals surface area (Å²) < 4.78 is 33.1. The van der Waals surface area contributed by atoms with E-state index < -0.39 is 6.04 Å². The van der Waals surface area contributed by atoms with Gasteiger partial charge in [-0.2, -0.15) is 15.0 Å². The number of nitrogens with one attached hydrogen (secondary N) is 1. The number of benzene rings is 3. The third kappa shape index (κ3) is 6.03. The van der Waals surface area contributed by atoms with Crippen molar-refractivity contribution in [2.24, 2.45) is 5.92 Å². The van der Waals surface area contributed by atoms with Gasteiger partial charge in [0.15, 0.2) is 0 Å². The van der Waals surface area contributed by atoms with Gasteiger partial charge in [-0.1, -0.05) is 18.2 Å². The molecule has 1 fully saturated rings. The van der Waals surface area contributed by atoms with Crippen LogP contribution < -0.4 is 10.1 Å². The van der Waals surface area contributed by atoms with E-state index in [9.17, 15) is 18.4 Å². The molecule has 0 radical (unpaired) electrons. The van der Waals surface area contributed by atoms with Crippen LogP contribution in [0.2, 0.25) is 0 Å². The zero-order valence-corrected chi connectivity index (χ0v) is 20.3. The Bertz CT molecular complexity index is 1400. The van der Waals surface area contributed by atoms with Gasteiger partial charge in [-0.3, -0.25) is 9.59 Å². The second-order valence-corrected chi connectivity index (χ2v) is 9.09. The Morgan fingerprint density at radius 3 is 2.26 bits per heavy atom. The molecule has 194 valence electrons. The molecule has 1 aromatic heterocycles. The molecule has 3 aromatic carbocycles. The molecule has 1 saturated heterocycles. The number of carbonyl (C=O) groups is 2. The van der Waals surface area contributed by atoms with E-state index in [1.54, 1.807) is 42.5 Å². The molecule has 2 amide bonds. The number of likely N-dealkylation sites (tertiary alicyclic amines) is 1. The fourth-order valence-electron chi connectivity index (χ4n) is 4.58. The molecule has 4 aromatic rings. The first-order chi connectivity index (χ1) is 18.4. The van der Waals surface area contributed by atoms with Crippen LogP contribution in [0.4, 0.5) is 14.5 Å². The van der Waals surface area contributed by atoms with Crippen LogP contribution in [0.3, 0.4) is 0 Å². The summed E-state index contributed by atoms with van der Waals surface area (Å²) in [5, 5.41) is 10.8. The Labute approximate surface area is 217 Å². The first kappa shape index (κ1) is 25.1. The van der Waals surface area contributed by atoms with Crippen molar-refractivity contribution < 1.29 is 23.1 Å². The topological polar surface area (TPSA) is 89.4 Å². The lowest BCUT2D eigenvalue weighted by Gasteiger charge is -2.23. The molecular formula is C28H25F2N5O3. The predicted octanol–water partition coefficient (Wildman–Crippen LogP) is 4.45. The maximum atomic E-state index is 14.3. The van der Waals surface area contributed by atoms with Crippen molar-refractivity contribution >= 4 is 17.5 Å². The monoisotopic (exact) mass is 517 g/mol. The molecule has 0 bridgehead atoms. The molecule has 2 heterocycles. The van der Waals surface area contributed by atoms with Gasteiger partial charge in [0.25, 0.3) is 0 Å². The molecule has 5 rings (SSSR count). The van der Waals surface area contributed by atoms with Gasteiger partial charge >= 0.3 is 0 Å². The fraction of sp³-hybridized carbons (Fsp3) is 0.214. The van der Waals surface area contributed by atoms with E-state index >= 15 is 0 Å². The standard InChI is InChI=1S/C28H25F2N5O3/c29-21-5-9-23(10-6-21)38-24-11-7-22(8-12-24)33-28(37)26-16-19(15-20-3-1-2-4-25(20)30)17-34(26)27(36)18-35-31-13-14-32-35/h1-14,19,26H,15-18H2,(H,33,37)/t19-,26+/m1/s1. The van der Waals surface area contributed by atoms with Crippen LogP contribution in [0.25, 0.3) is 0 Å². The van der Waals surface area contributed by atoms with Crippen molar-refractivity contribution in [3.63, 3.8) is 0 Å². The number of aromatic nitrogens is 3. The van der Waals surface area contributed by atoms with Crippen LogP contribution in [-0.2, 0) is 22.6 Å². The quantitative estimate of drug-likeness (QED) is 0.373. The summed E-state index contributed by atoms with van der Waals surface area (Å²) >= 11 is 0. The van der Waals surface area contributed by atoms with Gasteiger partial charge < -0.3 is 15.0 Å². The summed E-state index contributed by atoms with van der Waals surface area (Å²) in [6.45, 7) is 0.218. The Kier molecular flexibility index (Phi) is 7.39. The third-order valence-corrected chi connectivity index (χ3v) is 6.39. The van der Waals surface area contributed by atoms with Gasteiger partial charge in [0.05, 0.1) is 12.4 Å². The predicted molar refractivity (Wildman–Crippen MR) is 135 cm³/mol.